The van der Waals surface area contributed by atoms with Gasteiger partial charge in [-0.2, -0.15) is 5.26 Å². The average Bonchev–Trinajstić information content (AvgIpc) is 2.47. The number of anilines is 2. The lowest BCUT2D eigenvalue weighted by Crippen LogP contribution is -2.21. The highest BCUT2D eigenvalue weighted by atomic mass is 32.2. The summed E-state index contributed by atoms with van der Waals surface area (Å²) in [5, 5.41) is 9.07. The zero-order chi connectivity index (χ0) is 15.0. The molecule has 1 heterocycles. The molecule has 0 fully saturated rings. The number of para-hydroxylation sites is 1. The fourth-order valence-corrected chi connectivity index (χ4v) is 3.49. The molecule has 1 aliphatic rings. The second kappa shape index (κ2) is 4.72. The van der Waals surface area contributed by atoms with Crippen LogP contribution in [0.2, 0.25) is 0 Å². The predicted octanol–water partition coefficient (Wildman–Crippen LogP) is 3.12. The Morgan fingerprint density at radius 1 is 1.10 bits per heavy atom. The first kappa shape index (κ1) is 13.3. The Bertz CT molecular complexity index is 898. The largest absolute Gasteiger partial charge is 0.314 e. The second-order valence-electron chi connectivity index (χ2n) is 4.43. The van der Waals surface area contributed by atoms with E-state index in [9.17, 15) is 12.8 Å². The Hall–Kier alpha value is -2.65. The molecule has 21 heavy (non-hydrogen) atoms. The molecule has 0 spiro atoms. The van der Waals surface area contributed by atoms with E-state index >= 15 is 0 Å². The second-order valence-corrected chi connectivity index (χ2v) is 6.31. The van der Waals surface area contributed by atoms with Gasteiger partial charge in [-0.25, -0.2) is 12.8 Å². The van der Waals surface area contributed by atoms with Crippen molar-refractivity contribution < 1.29 is 12.8 Å². The Morgan fingerprint density at radius 2 is 1.86 bits per heavy atom. The molecule has 2 aromatic rings. The molecule has 0 atom stereocenters. The molecule has 0 saturated heterocycles. The van der Waals surface area contributed by atoms with Crippen molar-refractivity contribution in [3.05, 3.63) is 65.5 Å². The molecule has 0 unspecified atom stereocenters. The van der Waals surface area contributed by atoms with Crippen LogP contribution in [0, 0.1) is 17.1 Å². The van der Waals surface area contributed by atoms with Gasteiger partial charge in [0.1, 0.15) is 11.9 Å². The van der Waals surface area contributed by atoms with Crippen LogP contribution in [0.25, 0.3) is 0 Å². The van der Waals surface area contributed by atoms with E-state index in [1.54, 1.807) is 30.3 Å². The summed E-state index contributed by atoms with van der Waals surface area (Å²) in [4.78, 5) is 1.16. The number of halogens is 1. The highest BCUT2D eigenvalue weighted by molar-refractivity contribution is 7.95. The van der Waals surface area contributed by atoms with Gasteiger partial charge in [0.25, 0.3) is 0 Å². The van der Waals surface area contributed by atoms with Crippen LogP contribution in [-0.2, 0) is 9.84 Å². The number of rotatable bonds is 1. The fourth-order valence-electron chi connectivity index (χ4n) is 2.19. The van der Waals surface area contributed by atoms with Crippen LogP contribution in [0.15, 0.2) is 64.5 Å². The van der Waals surface area contributed by atoms with Crippen molar-refractivity contribution in [2.75, 3.05) is 4.90 Å². The van der Waals surface area contributed by atoms with E-state index in [1.165, 1.54) is 35.4 Å². The Balaban J connectivity index is 2.29. The van der Waals surface area contributed by atoms with Crippen LogP contribution in [0.4, 0.5) is 15.8 Å². The average molecular weight is 300 g/mol. The lowest BCUT2D eigenvalue weighted by Gasteiger charge is -2.27. The molecular formula is C15H9FN2O2S. The van der Waals surface area contributed by atoms with Gasteiger partial charge in [0.15, 0.2) is 4.91 Å². The first-order valence-corrected chi connectivity index (χ1v) is 7.53. The van der Waals surface area contributed by atoms with E-state index in [1.807, 2.05) is 0 Å². The third kappa shape index (κ3) is 2.08. The van der Waals surface area contributed by atoms with E-state index in [2.05, 4.69) is 0 Å². The minimum Gasteiger partial charge on any atom is -0.314 e. The molecule has 6 heteroatoms. The van der Waals surface area contributed by atoms with Crippen molar-refractivity contribution in [1.29, 1.82) is 5.26 Å². The number of nitriles is 1. The van der Waals surface area contributed by atoms with Crippen LogP contribution in [0.1, 0.15) is 0 Å². The minimum atomic E-state index is -3.82. The van der Waals surface area contributed by atoms with E-state index in [0.717, 1.165) is 0 Å². The van der Waals surface area contributed by atoms with Crippen LogP contribution in [-0.4, -0.2) is 8.42 Å². The molecule has 104 valence electrons. The van der Waals surface area contributed by atoms with Gasteiger partial charge in [0.2, 0.25) is 9.84 Å². The summed E-state index contributed by atoms with van der Waals surface area (Å²) in [5.41, 5.74) is 0.840. The SMILES string of the molecule is N#CC1=CN(c2cccc(F)c2)c2ccccc2S1(=O)=O. The molecule has 0 saturated carbocycles. The third-order valence-electron chi connectivity index (χ3n) is 3.15. The van der Waals surface area contributed by atoms with Crippen LogP contribution < -0.4 is 4.90 Å². The van der Waals surface area contributed by atoms with Gasteiger partial charge in [-0.3, -0.25) is 0 Å². The standard InChI is InChI=1S/C15H9FN2O2S/c16-11-4-3-5-12(8-11)18-10-13(9-17)21(19,20)15-7-2-1-6-14(15)18/h1-8,10H. The van der Waals surface area contributed by atoms with Gasteiger partial charge >= 0.3 is 0 Å². The zero-order valence-electron chi connectivity index (χ0n) is 10.7. The number of sulfone groups is 1. The van der Waals surface area contributed by atoms with Gasteiger partial charge in [-0.05, 0) is 30.3 Å². The van der Waals surface area contributed by atoms with Gasteiger partial charge in [0.05, 0.1) is 10.6 Å². The fraction of sp³-hybridized carbons (Fsp3) is 0. The zero-order valence-corrected chi connectivity index (χ0v) is 11.5. The summed E-state index contributed by atoms with van der Waals surface area (Å²) in [6.45, 7) is 0. The molecule has 1 aliphatic heterocycles. The van der Waals surface area contributed by atoms with E-state index < -0.39 is 15.7 Å². The molecule has 4 nitrogen and oxygen atoms in total. The van der Waals surface area contributed by atoms with E-state index in [-0.39, 0.29) is 9.80 Å². The van der Waals surface area contributed by atoms with Gasteiger partial charge in [0, 0.05) is 11.9 Å². The van der Waals surface area contributed by atoms with Crippen molar-refractivity contribution in [1.82, 2.24) is 0 Å². The van der Waals surface area contributed by atoms with Gasteiger partial charge in [-0.1, -0.05) is 18.2 Å². The summed E-state index contributed by atoms with van der Waals surface area (Å²) in [7, 11) is -3.82. The van der Waals surface area contributed by atoms with Crippen LogP contribution >= 0.6 is 0 Å². The number of allylic oxidation sites excluding steroid dienone is 1. The normalized spacial score (nSPS) is 15.8. The van der Waals surface area contributed by atoms with Crippen molar-refractivity contribution in [3.8, 4) is 6.07 Å². The lowest BCUT2D eigenvalue weighted by molar-refractivity contribution is 0.602. The Kier molecular flexibility index (Phi) is 3.00. The molecule has 0 aliphatic carbocycles. The number of benzene rings is 2. The summed E-state index contributed by atoms with van der Waals surface area (Å²) in [6.07, 6.45) is 1.21. The first-order valence-electron chi connectivity index (χ1n) is 6.05. The molecule has 2 aromatic carbocycles. The summed E-state index contributed by atoms with van der Waals surface area (Å²) >= 11 is 0. The van der Waals surface area contributed by atoms with Crippen molar-refractivity contribution in [2.45, 2.75) is 4.90 Å². The number of hydrogen-bond donors (Lipinski definition) is 0. The van der Waals surface area contributed by atoms with Crippen molar-refractivity contribution in [3.63, 3.8) is 0 Å². The Morgan fingerprint density at radius 3 is 2.57 bits per heavy atom. The van der Waals surface area contributed by atoms with Gasteiger partial charge in [-0.15, -0.1) is 0 Å². The molecule has 0 aromatic heterocycles. The van der Waals surface area contributed by atoms with Crippen LogP contribution in [0.5, 0.6) is 0 Å². The summed E-state index contributed by atoms with van der Waals surface area (Å²) in [5.74, 6) is -0.440. The van der Waals surface area contributed by atoms with E-state index in [4.69, 9.17) is 5.26 Å². The first-order chi connectivity index (χ1) is 10.0. The quantitative estimate of drug-likeness (QED) is 0.812. The maximum absolute atomic E-state index is 13.4. The van der Waals surface area contributed by atoms with E-state index in [0.29, 0.717) is 11.4 Å². The summed E-state index contributed by atoms with van der Waals surface area (Å²) in [6, 6.07) is 13.7. The maximum atomic E-state index is 13.4. The topological polar surface area (TPSA) is 61.2 Å². The highest BCUT2D eigenvalue weighted by Crippen LogP contribution is 2.39. The van der Waals surface area contributed by atoms with Gasteiger partial charge < -0.3 is 4.90 Å². The molecule has 0 bridgehead atoms. The molecule has 0 amide bonds. The third-order valence-corrected chi connectivity index (χ3v) is 4.85. The number of nitrogens with zero attached hydrogens (tertiary/aromatic N) is 2. The predicted molar refractivity (Wildman–Crippen MR) is 75.9 cm³/mol. The lowest BCUT2D eigenvalue weighted by atomic mass is 10.2. The summed E-state index contributed by atoms with van der Waals surface area (Å²) < 4.78 is 38.0. The Labute approximate surface area is 121 Å². The van der Waals surface area contributed by atoms with Crippen LogP contribution in [0.3, 0.4) is 0 Å². The molecule has 3 rings (SSSR count). The minimum absolute atomic E-state index is 0.0355. The number of fused-ring (bicyclic) bond motifs is 1. The molecular weight excluding hydrogens is 291 g/mol. The monoisotopic (exact) mass is 300 g/mol. The van der Waals surface area contributed by atoms with Crippen molar-refractivity contribution >= 4 is 21.2 Å². The molecule has 0 radical (unpaired) electrons. The van der Waals surface area contributed by atoms with Crippen molar-refractivity contribution in [2.24, 2.45) is 0 Å². The smallest absolute Gasteiger partial charge is 0.220 e. The molecule has 0 N–H and O–H groups in total. The maximum Gasteiger partial charge on any atom is 0.220 e. The highest BCUT2D eigenvalue weighted by Gasteiger charge is 2.31. The number of hydrogen-bond acceptors (Lipinski definition) is 4.